The van der Waals surface area contributed by atoms with E-state index in [-0.39, 0.29) is 5.91 Å². The number of nitrogens with zero attached hydrogens (tertiary/aromatic N) is 4. The standard InChI is InChI=1S/C19H22N4O2S/c1-3-15-18(13(2)21-25-15)19(24)23-10-8-22(9-11-23)12-17-20-14-6-4-5-7-16(14)26-17/h4-7H,3,8-12H2,1-2H3. The quantitative estimate of drug-likeness (QED) is 0.706. The van der Waals surface area contributed by atoms with Crippen LogP contribution in [0.15, 0.2) is 28.8 Å². The molecule has 1 saturated heterocycles. The fraction of sp³-hybridized carbons (Fsp3) is 0.421. The van der Waals surface area contributed by atoms with Gasteiger partial charge in [0.2, 0.25) is 0 Å². The van der Waals surface area contributed by atoms with Gasteiger partial charge in [-0.3, -0.25) is 9.69 Å². The first-order valence-corrected chi connectivity index (χ1v) is 9.78. The monoisotopic (exact) mass is 370 g/mol. The minimum Gasteiger partial charge on any atom is -0.360 e. The smallest absolute Gasteiger partial charge is 0.259 e. The normalized spacial score (nSPS) is 15.7. The van der Waals surface area contributed by atoms with Crippen molar-refractivity contribution in [2.24, 2.45) is 0 Å². The number of amides is 1. The van der Waals surface area contributed by atoms with E-state index >= 15 is 0 Å². The van der Waals surface area contributed by atoms with Crippen molar-refractivity contribution in [2.45, 2.75) is 26.8 Å². The topological polar surface area (TPSA) is 62.5 Å². The summed E-state index contributed by atoms with van der Waals surface area (Å²) in [6.07, 6.45) is 0.680. The van der Waals surface area contributed by atoms with E-state index in [9.17, 15) is 4.79 Å². The van der Waals surface area contributed by atoms with Gasteiger partial charge in [0.15, 0.2) is 0 Å². The summed E-state index contributed by atoms with van der Waals surface area (Å²) in [5.74, 6) is 0.727. The summed E-state index contributed by atoms with van der Waals surface area (Å²) in [6, 6.07) is 8.23. The third-order valence-electron chi connectivity index (χ3n) is 4.82. The van der Waals surface area contributed by atoms with Gasteiger partial charge in [0.05, 0.1) is 22.5 Å². The van der Waals surface area contributed by atoms with Gasteiger partial charge in [0.1, 0.15) is 16.3 Å². The summed E-state index contributed by atoms with van der Waals surface area (Å²) >= 11 is 1.75. The Morgan fingerprint density at radius 1 is 1.23 bits per heavy atom. The van der Waals surface area contributed by atoms with Crippen molar-refractivity contribution in [3.8, 4) is 0 Å². The molecular formula is C19H22N4O2S. The van der Waals surface area contributed by atoms with Crippen LogP contribution >= 0.6 is 11.3 Å². The molecule has 3 aromatic rings. The molecule has 26 heavy (non-hydrogen) atoms. The Kier molecular flexibility index (Phi) is 4.74. The van der Waals surface area contributed by atoms with E-state index in [0.29, 0.717) is 23.4 Å². The molecule has 0 saturated carbocycles. The van der Waals surface area contributed by atoms with Crippen LogP contribution in [0.4, 0.5) is 0 Å². The number of thiazole rings is 1. The van der Waals surface area contributed by atoms with Crippen molar-refractivity contribution >= 4 is 27.5 Å². The molecule has 0 unspecified atom stereocenters. The second kappa shape index (κ2) is 7.17. The predicted octanol–water partition coefficient (Wildman–Crippen LogP) is 3.11. The van der Waals surface area contributed by atoms with Crippen LogP contribution in [0, 0.1) is 6.92 Å². The lowest BCUT2D eigenvalue weighted by molar-refractivity contribution is 0.0625. The summed E-state index contributed by atoms with van der Waals surface area (Å²) in [5, 5.41) is 5.09. The molecule has 0 bridgehead atoms. The Morgan fingerprint density at radius 3 is 2.73 bits per heavy atom. The highest BCUT2D eigenvalue weighted by atomic mass is 32.1. The van der Waals surface area contributed by atoms with Crippen molar-refractivity contribution < 1.29 is 9.32 Å². The summed E-state index contributed by atoms with van der Waals surface area (Å²) in [4.78, 5) is 21.8. The highest BCUT2D eigenvalue weighted by Gasteiger charge is 2.27. The van der Waals surface area contributed by atoms with Crippen LogP contribution < -0.4 is 0 Å². The first-order valence-electron chi connectivity index (χ1n) is 8.97. The fourth-order valence-electron chi connectivity index (χ4n) is 3.38. The SMILES string of the molecule is CCc1onc(C)c1C(=O)N1CCN(Cc2nc3ccccc3s2)CC1. The molecule has 4 rings (SSSR count). The lowest BCUT2D eigenvalue weighted by Gasteiger charge is -2.34. The molecule has 0 spiro atoms. The maximum absolute atomic E-state index is 12.8. The van der Waals surface area contributed by atoms with Gasteiger partial charge < -0.3 is 9.42 Å². The number of hydrogen-bond donors (Lipinski definition) is 0. The Bertz CT molecular complexity index is 892. The van der Waals surface area contributed by atoms with Gasteiger partial charge in [0, 0.05) is 32.6 Å². The Morgan fingerprint density at radius 2 is 2.00 bits per heavy atom. The molecule has 3 heterocycles. The Balaban J connectivity index is 1.39. The first-order chi connectivity index (χ1) is 12.7. The summed E-state index contributed by atoms with van der Waals surface area (Å²) in [5.41, 5.74) is 2.40. The molecule has 1 aliphatic rings. The van der Waals surface area contributed by atoms with Crippen molar-refractivity contribution in [3.63, 3.8) is 0 Å². The molecule has 6 nitrogen and oxygen atoms in total. The third-order valence-corrected chi connectivity index (χ3v) is 5.85. The molecule has 0 N–H and O–H groups in total. The molecule has 0 radical (unpaired) electrons. The Labute approximate surface area is 156 Å². The number of aromatic nitrogens is 2. The molecule has 7 heteroatoms. The lowest BCUT2D eigenvalue weighted by atomic mass is 10.1. The second-order valence-corrected chi connectivity index (χ2v) is 7.68. The number of benzene rings is 1. The van der Waals surface area contributed by atoms with E-state index in [1.54, 1.807) is 11.3 Å². The van der Waals surface area contributed by atoms with Crippen LogP contribution in [0.2, 0.25) is 0 Å². The number of carbonyl (C=O) groups excluding carboxylic acids is 1. The van der Waals surface area contributed by atoms with E-state index in [2.05, 4.69) is 22.2 Å². The maximum atomic E-state index is 12.8. The van der Waals surface area contributed by atoms with E-state index in [1.807, 2.05) is 30.9 Å². The number of hydrogen-bond acceptors (Lipinski definition) is 6. The average molecular weight is 370 g/mol. The van der Waals surface area contributed by atoms with E-state index in [0.717, 1.165) is 43.2 Å². The summed E-state index contributed by atoms with van der Waals surface area (Å²) in [7, 11) is 0. The lowest BCUT2D eigenvalue weighted by Crippen LogP contribution is -2.48. The third kappa shape index (κ3) is 3.24. The van der Waals surface area contributed by atoms with Crippen molar-refractivity contribution in [3.05, 3.63) is 46.3 Å². The van der Waals surface area contributed by atoms with Crippen LogP contribution in [-0.2, 0) is 13.0 Å². The molecule has 0 atom stereocenters. The predicted molar refractivity (Wildman–Crippen MR) is 101 cm³/mol. The number of carbonyl (C=O) groups is 1. The van der Waals surface area contributed by atoms with Crippen LogP contribution in [0.25, 0.3) is 10.2 Å². The molecule has 1 aliphatic heterocycles. The number of para-hydroxylation sites is 1. The zero-order valence-corrected chi connectivity index (χ0v) is 15.9. The van der Waals surface area contributed by atoms with Gasteiger partial charge in [0.25, 0.3) is 5.91 Å². The van der Waals surface area contributed by atoms with Crippen LogP contribution in [-0.4, -0.2) is 52.0 Å². The minimum atomic E-state index is 0.0419. The summed E-state index contributed by atoms with van der Waals surface area (Å²) in [6.45, 7) is 7.80. The molecule has 1 aromatic carbocycles. The second-order valence-electron chi connectivity index (χ2n) is 6.56. The fourth-order valence-corrected chi connectivity index (χ4v) is 4.39. The number of fused-ring (bicyclic) bond motifs is 1. The van der Waals surface area contributed by atoms with Gasteiger partial charge in [-0.2, -0.15) is 0 Å². The minimum absolute atomic E-state index is 0.0419. The number of aryl methyl sites for hydroxylation is 2. The van der Waals surface area contributed by atoms with Gasteiger partial charge in [-0.25, -0.2) is 4.98 Å². The number of rotatable bonds is 4. The molecule has 1 fully saturated rings. The molecule has 1 amide bonds. The highest BCUT2D eigenvalue weighted by molar-refractivity contribution is 7.18. The average Bonchev–Trinajstić information content (AvgIpc) is 3.24. The van der Waals surface area contributed by atoms with E-state index in [4.69, 9.17) is 9.51 Å². The van der Waals surface area contributed by atoms with Gasteiger partial charge >= 0.3 is 0 Å². The molecule has 136 valence electrons. The van der Waals surface area contributed by atoms with Gasteiger partial charge in [-0.15, -0.1) is 11.3 Å². The van der Waals surface area contributed by atoms with Crippen LogP contribution in [0.3, 0.4) is 0 Å². The molecule has 2 aromatic heterocycles. The zero-order valence-electron chi connectivity index (χ0n) is 15.1. The zero-order chi connectivity index (χ0) is 18.1. The van der Waals surface area contributed by atoms with E-state index < -0.39 is 0 Å². The van der Waals surface area contributed by atoms with Crippen LogP contribution in [0.5, 0.6) is 0 Å². The Hall–Kier alpha value is -2.25. The first kappa shape index (κ1) is 17.2. The number of piperazine rings is 1. The molecule has 0 aliphatic carbocycles. The van der Waals surface area contributed by atoms with Crippen molar-refractivity contribution in [2.75, 3.05) is 26.2 Å². The van der Waals surface area contributed by atoms with Gasteiger partial charge in [-0.1, -0.05) is 24.2 Å². The largest absolute Gasteiger partial charge is 0.360 e. The summed E-state index contributed by atoms with van der Waals surface area (Å²) < 4.78 is 6.50. The van der Waals surface area contributed by atoms with Gasteiger partial charge in [-0.05, 0) is 19.1 Å². The molecular weight excluding hydrogens is 348 g/mol. The highest BCUT2D eigenvalue weighted by Crippen LogP contribution is 2.23. The van der Waals surface area contributed by atoms with Crippen molar-refractivity contribution in [1.82, 2.24) is 19.9 Å². The van der Waals surface area contributed by atoms with Crippen LogP contribution in [0.1, 0.15) is 33.7 Å². The maximum Gasteiger partial charge on any atom is 0.259 e. The van der Waals surface area contributed by atoms with Crippen molar-refractivity contribution in [1.29, 1.82) is 0 Å². The van der Waals surface area contributed by atoms with E-state index in [1.165, 1.54) is 4.70 Å².